The number of hydrogen-bond acceptors (Lipinski definition) is 4. The molecule has 2 atom stereocenters. The van der Waals surface area contributed by atoms with Gasteiger partial charge in [0.1, 0.15) is 0 Å². The van der Waals surface area contributed by atoms with E-state index >= 15 is 0 Å². The van der Waals surface area contributed by atoms with E-state index < -0.39 is 0 Å². The number of unbranched alkanes of at least 4 members (excludes halogenated alkanes) is 1. The van der Waals surface area contributed by atoms with Crippen molar-refractivity contribution in [3.63, 3.8) is 0 Å². The predicted octanol–water partition coefficient (Wildman–Crippen LogP) is 2.62. The Labute approximate surface area is 138 Å². The fourth-order valence-corrected chi connectivity index (χ4v) is 2.86. The van der Waals surface area contributed by atoms with Gasteiger partial charge in [-0.05, 0) is 43.4 Å². The van der Waals surface area contributed by atoms with Gasteiger partial charge in [0.25, 0.3) is 0 Å². The fraction of sp³-hybridized carbons (Fsp3) is 0.611. The number of carbonyl (C=O) groups excluding carboxylic acids is 1. The molecule has 0 bridgehead atoms. The molecule has 1 amide bonds. The Kier molecular flexibility index (Phi) is 6.71. The van der Waals surface area contributed by atoms with Crippen molar-refractivity contribution in [2.45, 2.75) is 51.6 Å². The van der Waals surface area contributed by atoms with E-state index in [2.05, 4.69) is 12.2 Å². The summed E-state index contributed by atoms with van der Waals surface area (Å²) >= 11 is 0. The predicted molar refractivity (Wildman–Crippen MR) is 90.6 cm³/mol. The van der Waals surface area contributed by atoms with Crippen LogP contribution < -0.4 is 20.5 Å². The van der Waals surface area contributed by atoms with Crippen LogP contribution in [0.3, 0.4) is 0 Å². The molecule has 128 valence electrons. The molecule has 0 aliphatic heterocycles. The maximum atomic E-state index is 12.1. The minimum Gasteiger partial charge on any atom is -0.493 e. The van der Waals surface area contributed by atoms with Gasteiger partial charge in [-0.15, -0.1) is 0 Å². The first-order chi connectivity index (χ1) is 11.1. The molecule has 5 nitrogen and oxygen atoms in total. The minimum atomic E-state index is 0.0588. The highest BCUT2D eigenvalue weighted by Crippen LogP contribution is 2.28. The summed E-state index contributed by atoms with van der Waals surface area (Å²) in [6.45, 7) is 3.31. The first kappa shape index (κ1) is 17.6. The summed E-state index contributed by atoms with van der Waals surface area (Å²) in [4.78, 5) is 12.1. The third-order valence-electron chi connectivity index (χ3n) is 4.29. The Hall–Kier alpha value is -1.75. The lowest BCUT2D eigenvalue weighted by molar-refractivity contribution is -0.125. The van der Waals surface area contributed by atoms with Crippen molar-refractivity contribution < 1.29 is 14.3 Å². The van der Waals surface area contributed by atoms with Crippen molar-refractivity contribution in [1.29, 1.82) is 0 Å². The number of rotatable bonds is 8. The smallest absolute Gasteiger partial charge is 0.223 e. The summed E-state index contributed by atoms with van der Waals surface area (Å²) in [7, 11) is 1.63. The maximum Gasteiger partial charge on any atom is 0.223 e. The summed E-state index contributed by atoms with van der Waals surface area (Å²) in [5, 5.41) is 2.99. The van der Waals surface area contributed by atoms with Gasteiger partial charge in [0.2, 0.25) is 5.91 Å². The van der Waals surface area contributed by atoms with E-state index in [4.69, 9.17) is 15.2 Å². The van der Waals surface area contributed by atoms with E-state index in [1.54, 1.807) is 7.11 Å². The van der Waals surface area contributed by atoms with Gasteiger partial charge in [-0.25, -0.2) is 0 Å². The molecule has 1 saturated carbocycles. The summed E-state index contributed by atoms with van der Waals surface area (Å²) < 4.78 is 11.1. The van der Waals surface area contributed by atoms with Crippen LogP contribution in [0, 0.1) is 5.92 Å². The fourth-order valence-electron chi connectivity index (χ4n) is 2.86. The van der Waals surface area contributed by atoms with Gasteiger partial charge in [-0.1, -0.05) is 19.4 Å². The van der Waals surface area contributed by atoms with Crippen molar-refractivity contribution in [3.8, 4) is 11.5 Å². The summed E-state index contributed by atoms with van der Waals surface area (Å²) in [5.41, 5.74) is 6.86. The Balaban J connectivity index is 1.88. The molecular formula is C18H28N2O3. The van der Waals surface area contributed by atoms with Gasteiger partial charge in [-0.2, -0.15) is 0 Å². The second kappa shape index (κ2) is 8.77. The zero-order valence-corrected chi connectivity index (χ0v) is 14.1. The molecular weight excluding hydrogens is 292 g/mol. The van der Waals surface area contributed by atoms with Crippen LogP contribution in [0.5, 0.6) is 11.5 Å². The highest BCUT2D eigenvalue weighted by molar-refractivity contribution is 5.79. The van der Waals surface area contributed by atoms with Crippen LogP contribution in [0.15, 0.2) is 18.2 Å². The molecule has 2 unspecified atom stereocenters. The molecule has 0 heterocycles. The lowest BCUT2D eigenvalue weighted by Crippen LogP contribution is -2.30. The van der Waals surface area contributed by atoms with Crippen molar-refractivity contribution in [3.05, 3.63) is 23.8 Å². The molecule has 0 radical (unpaired) electrons. The molecule has 1 aromatic rings. The number of benzene rings is 1. The largest absolute Gasteiger partial charge is 0.493 e. The van der Waals surface area contributed by atoms with Crippen molar-refractivity contribution in [1.82, 2.24) is 5.32 Å². The van der Waals surface area contributed by atoms with Gasteiger partial charge in [0.05, 0.1) is 13.7 Å². The van der Waals surface area contributed by atoms with Gasteiger partial charge < -0.3 is 20.5 Å². The quantitative estimate of drug-likeness (QED) is 0.722. The summed E-state index contributed by atoms with van der Waals surface area (Å²) in [6, 6.07) is 5.96. The Morgan fingerprint density at radius 2 is 2.17 bits per heavy atom. The SMILES string of the molecule is CCCCOc1ccc(CNC(=O)C2CCC(N)C2)cc1OC. The molecule has 0 saturated heterocycles. The zero-order valence-electron chi connectivity index (χ0n) is 14.1. The van der Waals surface area contributed by atoms with Crippen LogP contribution >= 0.6 is 0 Å². The third kappa shape index (κ3) is 5.13. The monoisotopic (exact) mass is 320 g/mol. The van der Waals surface area contributed by atoms with E-state index in [0.29, 0.717) is 18.9 Å². The molecule has 5 heteroatoms. The lowest BCUT2D eigenvalue weighted by Gasteiger charge is -2.14. The van der Waals surface area contributed by atoms with Crippen molar-refractivity contribution in [2.75, 3.05) is 13.7 Å². The highest BCUT2D eigenvalue weighted by Gasteiger charge is 2.27. The normalized spacial score (nSPS) is 20.3. The molecule has 0 aromatic heterocycles. The topological polar surface area (TPSA) is 73.6 Å². The average molecular weight is 320 g/mol. The Morgan fingerprint density at radius 3 is 2.83 bits per heavy atom. The van der Waals surface area contributed by atoms with E-state index in [1.807, 2.05) is 18.2 Å². The van der Waals surface area contributed by atoms with Gasteiger partial charge in [-0.3, -0.25) is 4.79 Å². The number of nitrogens with one attached hydrogen (secondary N) is 1. The number of ether oxygens (including phenoxy) is 2. The van der Waals surface area contributed by atoms with Crippen LogP contribution in [0.2, 0.25) is 0 Å². The number of carbonyl (C=O) groups is 1. The Bertz CT molecular complexity index is 519. The second-order valence-corrected chi connectivity index (χ2v) is 6.18. The molecule has 1 aromatic carbocycles. The van der Waals surface area contributed by atoms with Crippen LogP contribution in [-0.2, 0) is 11.3 Å². The molecule has 0 spiro atoms. The zero-order chi connectivity index (χ0) is 16.7. The van der Waals surface area contributed by atoms with Crippen LogP contribution in [-0.4, -0.2) is 25.7 Å². The van der Waals surface area contributed by atoms with Crippen molar-refractivity contribution >= 4 is 5.91 Å². The first-order valence-electron chi connectivity index (χ1n) is 8.47. The molecule has 1 fully saturated rings. The Morgan fingerprint density at radius 1 is 1.35 bits per heavy atom. The van der Waals surface area contributed by atoms with Gasteiger partial charge >= 0.3 is 0 Å². The average Bonchev–Trinajstić information content (AvgIpc) is 3.00. The molecule has 1 aliphatic carbocycles. The van der Waals surface area contributed by atoms with E-state index in [1.165, 1.54) is 0 Å². The minimum absolute atomic E-state index is 0.0588. The van der Waals surface area contributed by atoms with Crippen LogP contribution in [0.4, 0.5) is 0 Å². The summed E-state index contributed by atoms with van der Waals surface area (Å²) in [6.07, 6.45) is 4.73. The van der Waals surface area contributed by atoms with E-state index in [-0.39, 0.29) is 17.9 Å². The van der Waals surface area contributed by atoms with E-state index in [0.717, 1.165) is 43.4 Å². The first-order valence-corrected chi connectivity index (χ1v) is 8.47. The molecule has 3 N–H and O–H groups in total. The highest BCUT2D eigenvalue weighted by atomic mass is 16.5. The molecule has 2 rings (SSSR count). The van der Waals surface area contributed by atoms with Gasteiger partial charge in [0, 0.05) is 18.5 Å². The van der Waals surface area contributed by atoms with E-state index in [9.17, 15) is 4.79 Å². The van der Waals surface area contributed by atoms with Gasteiger partial charge in [0.15, 0.2) is 11.5 Å². The van der Waals surface area contributed by atoms with Crippen LogP contribution in [0.1, 0.15) is 44.6 Å². The maximum absolute atomic E-state index is 12.1. The number of amides is 1. The standard InChI is InChI=1S/C18H28N2O3/c1-3-4-9-23-16-8-5-13(10-17(16)22-2)12-20-18(21)14-6-7-15(19)11-14/h5,8,10,14-15H,3-4,6-7,9,11-12,19H2,1-2H3,(H,20,21). The number of methoxy groups -OCH3 is 1. The van der Waals surface area contributed by atoms with Crippen LogP contribution in [0.25, 0.3) is 0 Å². The van der Waals surface area contributed by atoms with Crippen molar-refractivity contribution in [2.24, 2.45) is 11.7 Å². The number of nitrogens with two attached hydrogens (primary N) is 1. The number of hydrogen-bond donors (Lipinski definition) is 2. The molecule has 23 heavy (non-hydrogen) atoms. The molecule has 1 aliphatic rings. The lowest BCUT2D eigenvalue weighted by atomic mass is 10.1. The summed E-state index contributed by atoms with van der Waals surface area (Å²) in [5.74, 6) is 1.61. The third-order valence-corrected chi connectivity index (χ3v) is 4.29. The second-order valence-electron chi connectivity index (χ2n) is 6.18.